The van der Waals surface area contributed by atoms with E-state index in [0.717, 1.165) is 0 Å². The average molecular weight is 485 g/mol. The van der Waals surface area contributed by atoms with Crippen molar-refractivity contribution in [2.75, 3.05) is 0 Å². The molecular formula is C27H30F2N2O4. The van der Waals surface area contributed by atoms with Crippen molar-refractivity contribution < 1.29 is 28.9 Å². The summed E-state index contributed by atoms with van der Waals surface area (Å²) < 4.78 is 29.8. The molecule has 1 aromatic heterocycles. The second-order valence-electron chi connectivity index (χ2n) is 9.02. The first-order chi connectivity index (χ1) is 16.5. The Kier molecular flexibility index (Phi) is 8.19. The Hall–Kier alpha value is -3.36. The van der Waals surface area contributed by atoms with Crippen molar-refractivity contribution in [3.63, 3.8) is 0 Å². The lowest BCUT2D eigenvalue weighted by Gasteiger charge is -2.14. The number of carboxylic acid groups (broad SMARTS) is 1. The fraction of sp³-hybridized carbons (Fsp3) is 0.333. The maximum Gasteiger partial charge on any atom is 0.305 e. The van der Waals surface area contributed by atoms with E-state index >= 15 is 0 Å². The fourth-order valence-electron chi connectivity index (χ4n) is 4.00. The van der Waals surface area contributed by atoms with E-state index in [1.165, 1.54) is 18.2 Å². The maximum absolute atomic E-state index is 14.4. The first-order valence-electron chi connectivity index (χ1n) is 11.4. The Bertz CT molecular complexity index is 1210. The van der Waals surface area contributed by atoms with Gasteiger partial charge in [-0.2, -0.15) is 0 Å². The largest absolute Gasteiger partial charge is 0.481 e. The number of halogens is 2. The van der Waals surface area contributed by atoms with Crippen LogP contribution in [0.25, 0.3) is 28.7 Å². The van der Waals surface area contributed by atoms with Gasteiger partial charge in [0.25, 0.3) is 0 Å². The quantitative estimate of drug-likeness (QED) is 0.383. The number of carbonyl (C=O) groups is 1. The Balaban J connectivity index is 2.18. The van der Waals surface area contributed by atoms with Crippen molar-refractivity contribution in [2.45, 2.75) is 58.7 Å². The smallest absolute Gasteiger partial charge is 0.305 e. The Morgan fingerprint density at radius 1 is 1.06 bits per heavy atom. The van der Waals surface area contributed by atoms with E-state index in [9.17, 15) is 23.8 Å². The molecule has 0 fully saturated rings. The monoisotopic (exact) mass is 484 g/mol. The van der Waals surface area contributed by atoms with E-state index < -0.39 is 24.6 Å². The van der Waals surface area contributed by atoms with Gasteiger partial charge in [0, 0.05) is 29.7 Å². The summed E-state index contributed by atoms with van der Waals surface area (Å²) in [4.78, 5) is 15.6. The van der Waals surface area contributed by atoms with Crippen molar-refractivity contribution in [2.24, 2.45) is 0 Å². The van der Waals surface area contributed by atoms with Gasteiger partial charge in [-0.25, -0.2) is 13.8 Å². The van der Waals surface area contributed by atoms with Gasteiger partial charge in [-0.3, -0.25) is 4.79 Å². The van der Waals surface area contributed by atoms with Crippen LogP contribution in [0.3, 0.4) is 0 Å². The molecule has 0 aliphatic heterocycles. The number of rotatable bonds is 9. The molecule has 186 valence electrons. The summed E-state index contributed by atoms with van der Waals surface area (Å²) in [6.07, 6.45) is 0.156. The van der Waals surface area contributed by atoms with Crippen LogP contribution in [0.5, 0.6) is 0 Å². The summed E-state index contributed by atoms with van der Waals surface area (Å²) in [5, 5.41) is 29.1. The van der Waals surface area contributed by atoms with E-state index in [1.807, 2.05) is 13.8 Å². The van der Waals surface area contributed by atoms with Gasteiger partial charge in [-0.1, -0.05) is 13.8 Å². The molecule has 0 spiro atoms. The molecule has 2 unspecified atom stereocenters. The number of hydrogen-bond donors (Lipinski definition) is 3. The van der Waals surface area contributed by atoms with Crippen molar-refractivity contribution >= 4 is 12.2 Å². The zero-order chi connectivity index (χ0) is 25.9. The van der Waals surface area contributed by atoms with Crippen molar-refractivity contribution in [1.82, 2.24) is 9.55 Å². The number of aliphatic hydroxyl groups excluding tert-OH is 2. The molecule has 0 saturated heterocycles. The predicted octanol–water partition coefficient (Wildman–Crippen LogP) is 5.29. The third-order valence-corrected chi connectivity index (χ3v) is 5.66. The molecule has 2 aromatic carbocycles. The maximum atomic E-state index is 14.4. The molecule has 8 heteroatoms. The number of nitrogens with zero attached hydrogens (tertiary/aromatic N) is 2. The van der Waals surface area contributed by atoms with Crippen molar-refractivity contribution in [3.05, 3.63) is 71.1 Å². The van der Waals surface area contributed by atoms with Gasteiger partial charge in [0.15, 0.2) is 0 Å². The van der Waals surface area contributed by atoms with E-state index in [0.29, 0.717) is 39.5 Å². The molecule has 0 amide bonds. The molecular weight excluding hydrogens is 454 g/mol. The Labute approximate surface area is 203 Å². The highest BCUT2D eigenvalue weighted by Crippen LogP contribution is 2.37. The van der Waals surface area contributed by atoms with Gasteiger partial charge in [0.2, 0.25) is 0 Å². The fourth-order valence-corrected chi connectivity index (χ4v) is 4.00. The van der Waals surface area contributed by atoms with E-state index in [1.54, 1.807) is 48.9 Å². The molecule has 0 aliphatic rings. The summed E-state index contributed by atoms with van der Waals surface area (Å²) in [5.41, 5.74) is 3.51. The van der Waals surface area contributed by atoms with Gasteiger partial charge >= 0.3 is 5.97 Å². The van der Waals surface area contributed by atoms with Crippen LogP contribution in [-0.4, -0.2) is 43.0 Å². The normalized spacial score (nSPS) is 13.5. The minimum absolute atomic E-state index is 0.0371. The van der Waals surface area contributed by atoms with Crippen LogP contribution in [0, 0.1) is 25.5 Å². The van der Waals surface area contributed by atoms with Crippen LogP contribution in [0.2, 0.25) is 0 Å². The summed E-state index contributed by atoms with van der Waals surface area (Å²) in [5.74, 6) is -1.21. The molecule has 0 bridgehead atoms. The van der Waals surface area contributed by atoms with Gasteiger partial charge in [-0.05, 0) is 67.4 Å². The van der Waals surface area contributed by atoms with E-state index in [2.05, 4.69) is 0 Å². The summed E-state index contributed by atoms with van der Waals surface area (Å²) >= 11 is 0. The molecule has 3 N–H and O–H groups in total. The summed E-state index contributed by atoms with van der Waals surface area (Å²) in [6, 6.07) is 9.37. The lowest BCUT2D eigenvalue weighted by atomic mass is 10.00. The van der Waals surface area contributed by atoms with Crippen molar-refractivity contribution in [1.29, 1.82) is 0 Å². The first-order valence-corrected chi connectivity index (χ1v) is 11.4. The molecule has 3 rings (SSSR count). The highest BCUT2D eigenvalue weighted by Gasteiger charge is 2.22. The second kappa shape index (κ2) is 10.9. The van der Waals surface area contributed by atoms with Crippen LogP contribution in [0.15, 0.2) is 42.5 Å². The van der Waals surface area contributed by atoms with Gasteiger partial charge in [0.05, 0.1) is 30.0 Å². The Morgan fingerprint density at radius 2 is 1.66 bits per heavy atom. The predicted molar refractivity (Wildman–Crippen MR) is 131 cm³/mol. The van der Waals surface area contributed by atoms with Crippen LogP contribution < -0.4 is 0 Å². The topological polar surface area (TPSA) is 95.6 Å². The summed E-state index contributed by atoms with van der Waals surface area (Å²) in [7, 11) is 0. The number of aliphatic hydroxyl groups is 2. The number of imidazole rings is 1. The third-order valence-electron chi connectivity index (χ3n) is 5.66. The highest BCUT2D eigenvalue weighted by molar-refractivity contribution is 5.81. The highest BCUT2D eigenvalue weighted by atomic mass is 19.1. The molecule has 3 aromatic rings. The molecule has 6 nitrogen and oxygen atoms in total. The summed E-state index contributed by atoms with van der Waals surface area (Å²) in [6.45, 7) is 7.27. The lowest BCUT2D eigenvalue weighted by Crippen LogP contribution is -2.19. The number of benzene rings is 2. The molecule has 35 heavy (non-hydrogen) atoms. The van der Waals surface area contributed by atoms with Gasteiger partial charge in [0.1, 0.15) is 17.5 Å². The number of aromatic nitrogens is 2. The van der Waals surface area contributed by atoms with Crippen LogP contribution in [0.4, 0.5) is 8.78 Å². The number of aliphatic carboxylic acids is 1. The SMILES string of the molecule is Cc1cc(-c2c(-c3ccc(F)cc3)nc(C(C)C)n2/C=C/C(O)CC(O)CC(=O)O)cc(C)c1F. The molecule has 0 saturated carbocycles. The molecule has 0 aliphatic carbocycles. The zero-order valence-electron chi connectivity index (χ0n) is 20.2. The van der Waals surface area contributed by atoms with Crippen LogP contribution >= 0.6 is 0 Å². The minimum atomic E-state index is -1.20. The standard InChI is InChI=1S/C27H30F2N2O4/c1-15(2)27-30-25(18-5-7-20(28)8-6-18)26(19-11-16(3)24(29)17(4)12-19)31(27)10-9-21(32)13-22(33)14-23(34)35/h5-12,15,21-22,32-33H,13-14H2,1-4H3,(H,34,35)/b10-9+. The van der Waals surface area contributed by atoms with E-state index in [4.69, 9.17) is 10.1 Å². The number of hydrogen-bond acceptors (Lipinski definition) is 4. The van der Waals surface area contributed by atoms with Crippen molar-refractivity contribution in [3.8, 4) is 22.5 Å². The average Bonchev–Trinajstić information content (AvgIpc) is 3.15. The second-order valence-corrected chi connectivity index (χ2v) is 9.02. The van der Waals surface area contributed by atoms with Crippen LogP contribution in [0.1, 0.15) is 49.6 Å². The number of aryl methyl sites for hydroxylation is 2. The van der Waals surface area contributed by atoms with E-state index in [-0.39, 0.29) is 24.0 Å². The third kappa shape index (κ3) is 6.21. The molecule has 0 radical (unpaired) electrons. The van der Waals surface area contributed by atoms with Crippen LogP contribution in [-0.2, 0) is 4.79 Å². The lowest BCUT2D eigenvalue weighted by molar-refractivity contribution is -0.139. The molecule has 1 heterocycles. The van der Waals surface area contributed by atoms with Gasteiger partial charge in [-0.15, -0.1) is 0 Å². The zero-order valence-corrected chi connectivity index (χ0v) is 20.2. The minimum Gasteiger partial charge on any atom is -0.481 e. The number of carboxylic acids is 1. The molecule has 2 atom stereocenters. The van der Waals surface area contributed by atoms with Gasteiger partial charge < -0.3 is 19.9 Å². The first kappa shape index (κ1) is 26.2. The Morgan fingerprint density at radius 3 is 2.20 bits per heavy atom.